The predicted molar refractivity (Wildman–Crippen MR) is 95.5 cm³/mol. The summed E-state index contributed by atoms with van der Waals surface area (Å²) in [6, 6.07) is 9.73. The molecule has 130 valence electrons. The van der Waals surface area contributed by atoms with Crippen LogP contribution >= 0.6 is 12.4 Å². The van der Waals surface area contributed by atoms with E-state index in [0.29, 0.717) is 12.8 Å². The van der Waals surface area contributed by atoms with Crippen molar-refractivity contribution in [2.45, 2.75) is 63.6 Å². The molecule has 0 bridgehead atoms. The van der Waals surface area contributed by atoms with E-state index < -0.39 is 11.6 Å². The molecular formula is C18H29ClN2O2. The van der Waals surface area contributed by atoms with Gasteiger partial charge in [0.1, 0.15) is 0 Å². The molecule has 0 radical (unpaired) electrons. The van der Waals surface area contributed by atoms with E-state index in [1.54, 1.807) is 0 Å². The second kappa shape index (κ2) is 8.67. The number of benzene rings is 1. The molecule has 3 unspecified atom stereocenters. The number of carbonyl (C=O) groups is 1. The Labute approximate surface area is 145 Å². The number of carbonyl (C=O) groups excluding carboxylic acids is 1. The minimum Gasteiger partial charge on any atom is -0.388 e. The first-order chi connectivity index (χ1) is 10.5. The second-order valence-electron chi connectivity index (χ2n) is 6.62. The second-order valence-corrected chi connectivity index (χ2v) is 6.62. The fourth-order valence-corrected chi connectivity index (χ4v) is 3.37. The lowest BCUT2D eigenvalue weighted by atomic mass is 9.94. The summed E-state index contributed by atoms with van der Waals surface area (Å²) in [7, 11) is 0. The summed E-state index contributed by atoms with van der Waals surface area (Å²) in [5.41, 5.74) is 6.31. The minimum atomic E-state index is -0.797. The van der Waals surface area contributed by atoms with Crippen LogP contribution in [0, 0.1) is 0 Å². The molecule has 1 amide bonds. The van der Waals surface area contributed by atoms with E-state index in [0.717, 1.165) is 31.4 Å². The van der Waals surface area contributed by atoms with E-state index in [4.69, 9.17) is 5.73 Å². The lowest BCUT2D eigenvalue weighted by Gasteiger charge is -2.33. The van der Waals surface area contributed by atoms with Crippen LogP contribution < -0.4 is 5.73 Å². The Hall–Kier alpha value is -1.10. The Morgan fingerprint density at radius 3 is 2.70 bits per heavy atom. The van der Waals surface area contributed by atoms with E-state index in [-0.39, 0.29) is 24.4 Å². The number of rotatable bonds is 6. The normalized spacial score (nSPS) is 21.4. The molecule has 1 aliphatic rings. The number of hydrogen-bond donors (Lipinski definition) is 2. The minimum absolute atomic E-state index is 0. The maximum atomic E-state index is 12.7. The first-order valence-electron chi connectivity index (χ1n) is 8.28. The number of nitrogens with two attached hydrogens (primary N) is 1. The fourth-order valence-electron chi connectivity index (χ4n) is 3.37. The van der Waals surface area contributed by atoms with Gasteiger partial charge in [0.25, 0.3) is 0 Å². The maximum absolute atomic E-state index is 12.7. The van der Waals surface area contributed by atoms with Crippen molar-refractivity contribution in [3.05, 3.63) is 35.9 Å². The third kappa shape index (κ3) is 4.93. The number of amides is 1. The Bertz CT molecular complexity index is 493. The lowest BCUT2D eigenvalue weighted by Crippen LogP contribution is -2.54. The van der Waals surface area contributed by atoms with Gasteiger partial charge in [-0.1, -0.05) is 43.7 Å². The van der Waals surface area contributed by atoms with Gasteiger partial charge in [-0.25, -0.2) is 0 Å². The standard InChI is InChI=1S/C18H28N2O2.ClH/c1-3-11-18(2,19)17(22)20-12-7-10-15(20)13-16(21)14-8-5-4-6-9-14;/h4-6,8-9,15-16,21H,3,7,10-13,19H2,1-2H3;1H. The van der Waals surface area contributed by atoms with Gasteiger partial charge in [-0.2, -0.15) is 0 Å². The Balaban J connectivity index is 0.00000264. The number of likely N-dealkylation sites (tertiary alicyclic amines) is 1. The summed E-state index contributed by atoms with van der Waals surface area (Å²) in [4.78, 5) is 14.6. The molecule has 1 fully saturated rings. The van der Waals surface area contributed by atoms with Gasteiger partial charge in [0, 0.05) is 12.6 Å². The average Bonchev–Trinajstić information content (AvgIpc) is 2.95. The van der Waals surface area contributed by atoms with E-state index in [1.807, 2.05) is 49.1 Å². The predicted octanol–water partition coefficient (Wildman–Crippen LogP) is 3.04. The zero-order valence-electron chi connectivity index (χ0n) is 14.1. The van der Waals surface area contributed by atoms with Crippen molar-refractivity contribution in [1.82, 2.24) is 4.90 Å². The van der Waals surface area contributed by atoms with Crippen molar-refractivity contribution in [3.63, 3.8) is 0 Å². The molecule has 4 nitrogen and oxygen atoms in total. The summed E-state index contributed by atoms with van der Waals surface area (Å²) >= 11 is 0. The highest BCUT2D eigenvalue weighted by atomic mass is 35.5. The van der Waals surface area contributed by atoms with Crippen LogP contribution in [-0.4, -0.2) is 34.0 Å². The summed E-state index contributed by atoms with van der Waals surface area (Å²) in [5, 5.41) is 10.4. The zero-order valence-corrected chi connectivity index (χ0v) is 14.9. The highest BCUT2D eigenvalue weighted by Gasteiger charge is 2.38. The van der Waals surface area contributed by atoms with Gasteiger partial charge in [-0.15, -0.1) is 12.4 Å². The molecule has 1 aromatic rings. The molecule has 0 spiro atoms. The van der Waals surface area contributed by atoms with Gasteiger partial charge in [0.2, 0.25) is 5.91 Å². The van der Waals surface area contributed by atoms with Crippen LogP contribution in [0.15, 0.2) is 30.3 Å². The van der Waals surface area contributed by atoms with Gasteiger partial charge in [-0.05, 0) is 38.2 Å². The van der Waals surface area contributed by atoms with Crippen LogP contribution in [0.1, 0.15) is 57.6 Å². The maximum Gasteiger partial charge on any atom is 0.242 e. The Kier molecular flexibility index (Phi) is 7.52. The molecular weight excluding hydrogens is 312 g/mol. The van der Waals surface area contributed by atoms with Crippen molar-refractivity contribution in [2.24, 2.45) is 5.73 Å². The first kappa shape index (κ1) is 19.9. The highest BCUT2D eigenvalue weighted by molar-refractivity contribution is 5.86. The van der Waals surface area contributed by atoms with Crippen LogP contribution in [0.2, 0.25) is 0 Å². The van der Waals surface area contributed by atoms with Crippen molar-refractivity contribution in [3.8, 4) is 0 Å². The van der Waals surface area contributed by atoms with Gasteiger partial charge in [0.05, 0.1) is 11.6 Å². The van der Waals surface area contributed by atoms with Crippen LogP contribution in [0.25, 0.3) is 0 Å². The number of aliphatic hydroxyl groups is 1. The molecule has 0 saturated carbocycles. The number of hydrogen-bond acceptors (Lipinski definition) is 3. The van der Waals surface area contributed by atoms with Crippen molar-refractivity contribution < 1.29 is 9.90 Å². The third-order valence-corrected chi connectivity index (χ3v) is 4.58. The van der Waals surface area contributed by atoms with Gasteiger partial charge in [-0.3, -0.25) is 4.79 Å². The Morgan fingerprint density at radius 2 is 2.09 bits per heavy atom. The smallest absolute Gasteiger partial charge is 0.242 e. The third-order valence-electron chi connectivity index (χ3n) is 4.58. The Morgan fingerprint density at radius 1 is 1.43 bits per heavy atom. The number of nitrogens with zero attached hydrogens (tertiary/aromatic N) is 1. The van der Waals surface area contributed by atoms with Crippen molar-refractivity contribution in [1.29, 1.82) is 0 Å². The van der Waals surface area contributed by atoms with Gasteiger partial charge < -0.3 is 15.7 Å². The molecule has 23 heavy (non-hydrogen) atoms. The van der Waals surface area contributed by atoms with Crippen LogP contribution in [0.3, 0.4) is 0 Å². The zero-order chi connectivity index (χ0) is 16.2. The lowest BCUT2D eigenvalue weighted by molar-refractivity contribution is -0.138. The van der Waals surface area contributed by atoms with Crippen molar-refractivity contribution in [2.75, 3.05) is 6.54 Å². The highest BCUT2D eigenvalue weighted by Crippen LogP contribution is 2.29. The van der Waals surface area contributed by atoms with Crippen molar-refractivity contribution >= 4 is 18.3 Å². The number of aliphatic hydroxyl groups excluding tert-OH is 1. The van der Waals surface area contributed by atoms with Gasteiger partial charge >= 0.3 is 0 Å². The first-order valence-corrected chi connectivity index (χ1v) is 8.28. The van der Waals surface area contributed by atoms with Crippen LogP contribution in [0.4, 0.5) is 0 Å². The quantitative estimate of drug-likeness (QED) is 0.836. The molecule has 1 heterocycles. The average molecular weight is 341 g/mol. The molecule has 1 aliphatic heterocycles. The summed E-state index contributed by atoms with van der Waals surface area (Å²) in [6.07, 6.45) is 3.56. The van der Waals surface area contributed by atoms with Crippen LogP contribution in [-0.2, 0) is 4.79 Å². The molecule has 0 aromatic heterocycles. The molecule has 1 aromatic carbocycles. The molecule has 1 saturated heterocycles. The largest absolute Gasteiger partial charge is 0.388 e. The molecule has 5 heteroatoms. The monoisotopic (exact) mass is 340 g/mol. The topological polar surface area (TPSA) is 66.6 Å². The fraction of sp³-hybridized carbons (Fsp3) is 0.611. The summed E-state index contributed by atoms with van der Waals surface area (Å²) in [5.74, 6) is 0.0251. The van der Waals surface area contributed by atoms with E-state index in [9.17, 15) is 9.90 Å². The van der Waals surface area contributed by atoms with E-state index >= 15 is 0 Å². The number of halogens is 1. The van der Waals surface area contributed by atoms with E-state index in [2.05, 4.69) is 0 Å². The SMILES string of the molecule is CCCC(C)(N)C(=O)N1CCCC1CC(O)c1ccccc1.Cl. The van der Waals surface area contributed by atoms with Gasteiger partial charge in [0.15, 0.2) is 0 Å². The molecule has 0 aliphatic carbocycles. The summed E-state index contributed by atoms with van der Waals surface area (Å²) < 4.78 is 0. The molecule has 2 rings (SSSR count). The summed E-state index contributed by atoms with van der Waals surface area (Å²) in [6.45, 7) is 4.61. The molecule has 3 N–H and O–H groups in total. The molecule has 3 atom stereocenters. The van der Waals surface area contributed by atoms with E-state index in [1.165, 1.54) is 0 Å². The van der Waals surface area contributed by atoms with Crippen LogP contribution in [0.5, 0.6) is 0 Å².